The predicted molar refractivity (Wildman–Crippen MR) is 114 cm³/mol. The molecule has 29 heavy (non-hydrogen) atoms. The molecule has 2 aromatic rings. The van der Waals surface area contributed by atoms with E-state index in [1.54, 1.807) is 0 Å². The molecule has 1 saturated heterocycles. The summed E-state index contributed by atoms with van der Waals surface area (Å²) in [6.07, 6.45) is 2.33. The van der Waals surface area contributed by atoms with Crippen molar-refractivity contribution in [2.24, 2.45) is 0 Å². The van der Waals surface area contributed by atoms with Crippen molar-refractivity contribution in [3.63, 3.8) is 0 Å². The highest BCUT2D eigenvalue weighted by molar-refractivity contribution is 7.20. The van der Waals surface area contributed by atoms with E-state index in [1.165, 1.54) is 24.2 Å². The fourth-order valence-electron chi connectivity index (χ4n) is 3.91. The maximum absolute atomic E-state index is 13.2. The van der Waals surface area contributed by atoms with E-state index in [4.69, 9.17) is 9.97 Å². The smallest absolute Gasteiger partial charge is 0.264 e. The lowest BCUT2D eigenvalue weighted by atomic mass is 10.1. The number of nitrogens with zero attached hydrogens (tertiary/aromatic N) is 4. The molecule has 1 aliphatic carbocycles. The average Bonchev–Trinajstić information content (AvgIpc) is 3.45. The van der Waals surface area contributed by atoms with Crippen LogP contribution in [0.3, 0.4) is 0 Å². The lowest BCUT2D eigenvalue weighted by Gasteiger charge is -2.34. The molecule has 0 unspecified atom stereocenters. The summed E-state index contributed by atoms with van der Waals surface area (Å²) < 4.78 is 0. The first kappa shape index (κ1) is 20.2. The number of piperazine rings is 1. The summed E-state index contributed by atoms with van der Waals surface area (Å²) in [4.78, 5) is 40.3. The number of carbonyl (C=O) groups is 2. The van der Waals surface area contributed by atoms with Gasteiger partial charge >= 0.3 is 0 Å². The third-order valence-corrected chi connectivity index (χ3v) is 6.78. The first-order chi connectivity index (χ1) is 13.8. The zero-order valence-electron chi connectivity index (χ0n) is 17.6. The topological polar surface area (TPSA) is 78.4 Å². The molecule has 7 nitrogen and oxygen atoms in total. The van der Waals surface area contributed by atoms with Gasteiger partial charge in [0.05, 0.1) is 17.1 Å². The number of rotatable bonds is 5. The number of hydrogen-bond acceptors (Lipinski definition) is 6. The summed E-state index contributed by atoms with van der Waals surface area (Å²) in [5, 5.41) is 3.96. The minimum absolute atomic E-state index is 0.0423. The Morgan fingerprint density at radius 2 is 1.83 bits per heavy atom. The monoisotopic (exact) mass is 415 g/mol. The van der Waals surface area contributed by atoms with Gasteiger partial charge in [-0.25, -0.2) is 9.97 Å². The van der Waals surface area contributed by atoms with Crippen molar-refractivity contribution >= 4 is 33.4 Å². The lowest BCUT2D eigenvalue weighted by Crippen LogP contribution is -2.51. The molecule has 3 heterocycles. The van der Waals surface area contributed by atoms with Gasteiger partial charge in [0.15, 0.2) is 0 Å². The number of hydrogen-bond donors (Lipinski definition) is 1. The van der Waals surface area contributed by atoms with Crippen molar-refractivity contribution in [2.45, 2.75) is 52.5 Å². The van der Waals surface area contributed by atoms with E-state index >= 15 is 0 Å². The van der Waals surface area contributed by atoms with E-state index in [2.05, 4.69) is 10.2 Å². The number of nitrogens with one attached hydrogen (secondary N) is 1. The minimum atomic E-state index is 0.0423. The Bertz CT molecular complexity index is 942. The number of aromatic nitrogens is 2. The molecule has 156 valence electrons. The van der Waals surface area contributed by atoms with E-state index in [1.807, 2.05) is 32.6 Å². The molecule has 4 rings (SSSR count). The van der Waals surface area contributed by atoms with Crippen LogP contribution < -0.4 is 5.32 Å². The normalized spacial score (nSPS) is 17.9. The van der Waals surface area contributed by atoms with Gasteiger partial charge in [-0.2, -0.15) is 0 Å². The Hall–Kier alpha value is -2.06. The minimum Gasteiger partial charge on any atom is -0.353 e. The summed E-state index contributed by atoms with van der Waals surface area (Å²) in [7, 11) is 0. The summed E-state index contributed by atoms with van der Waals surface area (Å²) in [6, 6.07) is 0.147. The molecule has 0 aromatic carbocycles. The van der Waals surface area contributed by atoms with Crippen LogP contribution in [0.2, 0.25) is 0 Å². The zero-order valence-corrected chi connectivity index (χ0v) is 18.4. The van der Waals surface area contributed by atoms with Crippen molar-refractivity contribution in [1.29, 1.82) is 0 Å². The number of fused-ring (bicyclic) bond motifs is 1. The number of aryl methyl sites for hydroxylation is 2. The standard InChI is InChI=1S/C21H29N5O2S/c1-12(2)22-16(27)11-25-7-9-26(10-8-25)21(28)18-13(3)17-14(4)23-19(15-5-6-15)24-20(17)29-18/h12,15H,5-11H2,1-4H3,(H,22,27). The van der Waals surface area contributed by atoms with Crippen LogP contribution in [0.15, 0.2) is 0 Å². The van der Waals surface area contributed by atoms with Crippen molar-refractivity contribution in [2.75, 3.05) is 32.7 Å². The number of thiophene rings is 1. The largest absolute Gasteiger partial charge is 0.353 e. The maximum Gasteiger partial charge on any atom is 0.264 e. The second-order valence-corrected chi connectivity index (χ2v) is 9.47. The van der Waals surface area contributed by atoms with Gasteiger partial charge in [-0.3, -0.25) is 14.5 Å². The van der Waals surface area contributed by atoms with E-state index in [0.717, 1.165) is 32.2 Å². The van der Waals surface area contributed by atoms with Crippen LogP contribution >= 0.6 is 11.3 Å². The summed E-state index contributed by atoms with van der Waals surface area (Å²) >= 11 is 1.50. The molecule has 2 aromatic heterocycles. The maximum atomic E-state index is 13.2. The molecule has 2 fully saturated rings. The van der Waals surface area contributed by atoms with Gasteiger partial charge in [-0.15, -0.1) is 11.3 Å². The van der Waals surface area contributed by atoms with Crippen molar-refractivity contribution in [1.82, 2.24) is 25.1 Å². The summed E-state index contributed by atoms with van der Waals surface area (Å²) in [5.74, 6) is 1.55. The van der Waals surface area contributed by atoms with Gasteiger partial charge in [0, 0.05) is 43.5 Å². The van der Waals surface area contributed by atoms with Gasteiger partial charge < -0.3 is 10.2 Å². The van der Waals surface area contributed by atoms with Gasteiger partial charge in [-0.1, -0.05) is 0 Å². The zero-order chi connectivity index (χ0) is 20.7. The van der Waals surface area contributed by atoms with Crippen LogP contribution in [0.25, 0.3) is 10.2 Å². The van der Waals surface area contributed by atoms with Crippen LogP contribution in [0.5, 0.6) is 0 Å². The van der Waals surface area contributed by atoms with Gasteiger partial charge in [0.1, 0.15) is 10.7 Å². The third-order valence-electron chi connectivity index (χ3n) is 5.60. The summed E-state index contributed by atoms with van der Waals surface area (Å²) in [5.41, 5.74) is 1.97. The number of carbonyl (C=O) groups excluding carboxylic acids is 2. The molecule has 0 atom stereocenters. The molecular formula is C21H29N5O2S. The highest BCUT2D eigenvalue weighted by Crippen LogP contribution is 2.40. The molecular weight excluding hydrogens is 386 g/mol. The molecule has 0 spiro atoms. The fraction of sp³-hybridized carbons (Fsp3) is 0.619. The Labute approximate surface area is 175 Å². The Morgan fingerprint density at radius 3 is 2.45 bits per heavy atom. The summed E-state index contributed by atoms with van der Waals surface area (Å²) in [6.45, 7) is 11.0. The highest BCUT2D eigenvalue weighted by atomic mass is 32.1. The van der Waals surface area contributed by atoms with E-state index < -0.39 is 0 Å². The molecule has 0 bridgehead atoms. The second-order valence-electron chi connectivity index (χ2n) is 8.47. The van der Waals surface area contributed by atoms with Crippen LogP contribution in [-0.4, -0.2) is 70.3 Å². The van der Waals surface area contributed by atoms with E-state index in [9.17, 15) is 9.59 Å². The van der Waals surface area contributed by atoms with E-state index in [0.29, 0.717) is 38.6 Å². The van der Waals surface area contributed by atoms with Gasteiger partial charge in [0.2, 0.25) is 5.91 Å². The molecule has 2 aliphatic rings. The second kappa shape index (κ2) is 7.99. The van der Waals surface area contributed by atoms with E-state index in [-0.39, 0.29) is 17.9 Å². The van der Waals surface area contributed by atoms with Gasteiger partial charge in [0.25, 0.3) is 5.91 Å². The molecule has 2 amide bonds. The predicted octanol–water partition coefficient (Wildman–Crippen LogP) is 2.47. The van der Waals surface area contributed by atoms with Crippen molar-refractivity contribution in [3.8, 4) is 0 Å². The fourth-order valence-corrected chi connectivity index (χ4v) is 5.12. The average molecular weight is 416 g/mol. The lowest BCUT2D eigenvalue weighted by molar-refractivity contribution is -0.123. The Balaban J connectivity index is 1.45. The first-order valence-electron chi connectivity index (χ1n) is 10.4. The molecule has 0 radical (unpaired) electrons. The molecule has 1 saturated carbocycles. The van der Waals surface area contributed by atoms with Crippen LogP contribution in [0.1, 0.15) is 59.4 Å². The molecule has 8 heteroatoms. The Kier molecular flexibility index (Phi) is 5.57. The van der Waals surface area contributed by atoms with Gasteiger partial charge in [-0.05, 0) is 46.1 Å². The highest BCUT2D eigenvalue weighted by Gasteiger charge is 2.30. The molecule has 1 aliphatic heterocycles. The third kappa shape index (κ3) is 4.28. The van der Waals surface area contributed by atoms with Crippen LogP contribution in [0, 0.1) is 13.8 Å². The SMILES string of the molecule is Cc1nc(C2CC2)nc2sc(C(=O)N3CCN(CC(=O)NC(C)C)CC3)c(C)c12. The molecule has 1 N–H and O–H groups in total. The van der Waals surface area contributed by atoms with Crippen molar-refractivity contribution < 1.29 is 9.59 Å². The quantitative estimate of drug-likeness (QED) is 0.812. The van der Waals surface area contributed by atoms with Crippen molar-refractivity contribution in [3.05, 3.63) is 22.0 Å². The van der Waals surface area contributed by atoms with Crippen LogP contribution in [0.4, 0.5) is 0 Å². The number of amides is 2. The Morgan fingerprint density at radius 1 is 1.14 bits per heavy atom. The first-order valence-corrected chi connectivity index (χ1v) is 11.2. The van der Waals surface area contributed by atoms with Crippen LogP contribution in [-0.2, 0) is 4.79 Å².